The molecule has 2 aliphatic carbocycles. The van der Waals surface area contributed by atoms with Crippen molar-refractivity contribution < 1.29 is 39.7 Å². The van der Waals surface area contributed by atoms with E-state index in [0.29, 0.717) is 59.8 Å². The van der Waals surface area contributed by atoms with Crippen LogP contribution in [-0.2, 0) is 19.3 Å². The Hall–Kier alpha value is -4.19. The van der Waals surface area contributed by atoms with E-state index in [1.807, 2.05) is 12.1 Å². The second-order valence-electron chi connectivity index (χ2n) is 17.0. The highest BCUT2D eigenvalue weighted by Crippen LogP contribution is 2.54. The summed E-state index contributed by atoms with van der Waals surface area (Å²) >= 11 is 0. The molecule has 1 fully saturated rings. The third-order valence-electron chi connectivity index (χ3n) is 12.7. The fourth-order valence-corrected chi connectivity index (χ4v) is 9.80. The Bertz CT molecular complexity index is 1860. The molecule has 1 heterocycles. The molecule has 6 rings (SSSR count). The standard InChI is InChI=1S/C46H65N3O8/c1-5-27(8-7-17-50)11-12-28-19-31-21-37(53)32(18-26(2)3)20-34(31)44-42(55-4)24-40-35(43(28)44)23-38(54)45(57-40)29-13-14-36(52)41(22-29)56-39-10-6-9-30(25-51)33(39)15-16-49-46(47)48/h13-14,20-22,24,26-28,30,33,38-39,45,50-54H,5-12,15-19,23,25H2,1-4H3,(H4,47,48,49)/t27-,28+,30+,33+,38-,39+,45+/m1/s1. The first kappa shape index (κ1) is 42.4. The lowest BCUT2D eigenvalue weighted by Gasteiger charge is -2.38. The van der Waals surface area contributed by atoms with Gasteiger partial charge in [-0.15, -0.1) is 0 Å². The summed E-state index contributed by atoms with van der Waals surface area (Å²) in [6.45, 7) is 7.15. The Morgan fingerprint density at radius 1 is 0.982 bits per heavy atom. The zero-order chi connectivity index (χ0) is 40.8. The molecular weight excluding hydrogens is 723 g/mol. The average molecular weight is 788 g/mol. The van der Waals surface area contributed by atoms with Crippen LogP contribution in [0.25, 0.3) is 11.1 Å². The van der Waals surface area contributed by atoms with Crippen molar-refractivity contribution in [2.75, 3.05) is 26.9 Å². The Morgan fingerprint density at radius 3 is 2.49 bits per heavy atom. The summed E-state index contributed by atoms with van der Waals surface area (Å²) in [7, 11) is 1.68. The first-order valence-corrected chi connectivity index (χ1v) is 21.2. The van der Waals surface area contributed by atoms with Gasteiger partial charge in [-0.1, -0.05) is 33.3 Å². The first-order chi connectivity index (χ1) is 27.5. The molecule has 1 aliphatic heterocycles. The Morgan fingerprint density at radius 2 is 1.79 bits per heavy atom. The number of benzene rings is 3. The average Bonchev–Trinajstić information content (AvgIpc) is 3.18. The van der Waals surface area contributed by atoms with Gasteiger partial charge in [0.2, 0.25) is 0 Å². The third kappa shape index (κ3) is 9.58. The van der Waals surface area contributed by atoms with Crippen molar-refractivity contribution in [1.29, 1.82) is 0 Å². The van der Waals surface area contributed by atoms with Crippen LogP contribution in [0.3, 0.4) is 0 Å². The molecule has 0 spiro atoms. The smallest absolute Gasteiger partial charge is 0.185 e. The summed E-state index contributed by atoms with van der Waals surface area (Å²) in [5, 5.41) is 53.9. The summed E-state index contributed by atoms with van der Waals surface area (Å²) < 4.78 is 19.5. The number of hydrogen-bond acceptors (Lipinski definition) is 9. The number of aliphatic hydroxyl groups excluding tert-OH is 3. The van der Waals surface area contributed by atoms with E-state index in [0.717, 1.165) is 97.6 Å². The molecule has 57 heavy (non-hydrogen) atoms. The Kier molecular flexibility index (Phi) is 14.2. The lowest BCUT2D eigenvalue weighted by atomic mass is 9.71. The van der Waals surface area contributed by atoms with Gasteiger partial charge in [0.25, 0.3) is 0 Å². The molecule has 0 radical (unpaired) electrons. The van der Waals surface area contributed by atoms with Crippen molar-refractivity contribution in [1.82, 2.24) is 0 Å². The molecule has 0 saturated heterocycles. The van der Waals surface area contributed by atoms with E-state index in [9.17, 15) is 25.5 Å². The van der Waals surface area contributed by atoms with Gasteiger partial charge < -0.3 is 51.2 Å². The number of aliphatic imine (C=N–C) groups is 1. The minimum Gasteiger partial charge on any atom is -0.508 e. The lowest BCUT2D eigenvalue weighted by molar-refractivity contribution is 0.0169. The van der Waals surface area contributed by atoms with Gasteiger partial charge in [-0.3, -0.25) is 4.99 Å². The number of nitrogens with two attached hydrogens (primary N) is 2. The zero-order valence-electron chi connectivity index (χ0n) is 34.3. The fourth-order valence-electron chi connectivity index (χ4n) is 9.80. The maximum Gasteiger partial charge on any atom is 0.185 e. The van der Waals surface area contributed by atoms with E-state index in [2.05, 4.69) is 31.8 Å². The zero-order valence-corrected chi connectivity index (χ0v) is 34.3. The number of ether oxygens (including phenoxy) is 3. The number of phenolic OH excluding ortho intramolecular Hbond substituents is 2. The van der Waals surface area contributed by atoms with Crippen molar-refractivity contribution in [2.24, 2.45) is 40.1 Å². The summed E-state index contributed by atoms with van der Waals surface area (Å²) in [6.07, 6.45) is 7.83. The maximum absolute atomic E-state index is 12.0. The molecule has 7 atom stereocenters. The van der Waals surface area contributed by atoms with E-state index < -0.39 is 12.2 Å². The summed E-state index contributed by atoms with van der Waals surface area (Å²) in [5.74, 6) is 2.97. The molecule has 3 aliphatic rings. The number of nitrogens with zero attached hydrogens (tertiary/aromatic N) is 1. The van der Waals surface area contributed by atoms with Crippen LogP contribution in [0.5, 0.6) is 28.7 Å². The third-order valence-corrected chi connectivity index (χ3v) is 12.7. The minimum atomic E-state index is -0.889. The van der Waals surface area contributed by atoms with Crippen molar-refractivity contribution >= 4 is 5.96 Å². The normalized spacial score (nSPS) is 23.2. The van der Waals surface area contributed by atoms with Gasteiger partial charge >= 0.3 is 0 Å². The van der Waals surface area contributed by atoms with Crippen molar-refractivity contribution in [3.05, 3.63) is 64.2 Å². The van der Waals surface area contributed by atoms with E-state index in [4.69, 9.17) is 25.7 Å². The molecular formula is C46H65N3O8. The van der Waals surface area contributed by atoms with Crippen molar-refractivity contribution in [3.63, 3.8) is 0 Å². The number of aromatic hydroxyl groups is 2. The lowest BCUT2D eigenvalue weighted by Crippen LogP contribution is -2.39. The number of aliphatic hydroxyl groups is 3. The molecule has 0 amide bonds. The number of phenols is 2. The van der Waals surface area contributed by atoms with Gasteiger partial charge in [0.15, 0.2) is 17.5 Å². The number of methoxy groups -OCH3 is 1. The molecule has 1 saturated carbocycles. The predicted molar refractivity (Wildman–Crippen MR) is 223 cm³/mol. The molecule has 0 bridgehead atoms. The van der Waals surface area contributed by atoms with Gasteiger partial charge in [0, 0.05) is 49.3 Å². The Labute approximate surface area is 338 Å². The van der Waals surface area contributed by atoms with Crippen LogP contribution in [0.15, 0.2) is 41.4 Å². The highest BCUT2D eigenvalue weighted by molar-refractivity contribution is 5.83. The SMILES string of the molecule is CC[C@H](CCCO)CC[C@H]1Cc2cc(O)c(CC(C)C)cc2-c2c(OC)cc3c(c21)C[C@@H](O)[C@H](c1ccc(O)c(O[C@H]2CCC[C@@H](CO)[C@@H]2CCN=C(N)N)c1)O3. The van der Waals surface area contributed by atoms with Crippen LogP contribution in [0, 0.1) is 23.7 Å². The number of fused-ring (bicyclic) bond motifs is 5. The van der Waals surface area contributed by atoms with Gasteiger partial charge in [-0.05, 0) is 140 Å². The van der Waals surface area contributed by atoms with Crippen molar-refractivity contribution in [3.8, 4) is 39.9 Å². The molecule has 3 aromatic rings. The summed E-state index contributed by atoms with van der Waals surface area (Å²) in [4.78, 5) is 4.17. The molecule has 9 N–H and O–H groups in total. The highest BCUT2D eigenvalue weighted by Gasteiger charge is 2.39. The first-order valence-electron chi connectivity index (χ1n) is 21.2. The van der Waals surface area contributed by atoms with Crippen LogP contribution in [0.1, 0.15) is 118 Å². The van der Waals surface area contributed by atoms with E-state index in [1.165, 1.54) is 0 Å². The van der Waals surface area contributed by atoms with Gasteiger partial charge in [-0.2, -0.15) is 0 Å². The summed E-state index contributed by atoms with van der Waals surface area (Å²) in [6, 6.07) is 11.1. The topological polar surface area (TPSA) is 193 Å². The predicted octanol–water partition coefficient (Wildman–Crippen LogP) is 7.05. The highest BCUT2D eigenvalue weighted by atomic mass is 16.5. The molecule has 0 unspecified atom stereocenters. The fraction of sp³-hybridized carbons (Fsp3) is 0.587. The minimum absolute atomic E-state index is 0.0111. The van der Waals surface area contributed by atoms with E-state index in [-0.39, 0.29) is 48.8 Å². The van der Waals surface area contributed by atoms with Gasteiger partial charge in [0.1, 0.15) is 29.5 Å². The van der Waals surface area contributed by atoms with Gasteiger partial charge in [0.05, 0.1) is 13.2 Å². The van der Waals surface area contributed by atoms with Crippen LogP contribution in [0.2, 0.25) is 0 Å². The van der Waals surface area contributed by atoms with E-state index in [1.54, 1.807) is 25.3 Å². The molecule has 11 nitrogen and oxygen atoms in total. The largest absolute Gasteiger partial charge is 0.508 e. The molecule has 3 aromatic carbocycles. The maximum atomic E-state index is 12.0. The van der Waals surface area contributed by atoms with Crippen LogP contribution >= 0.6 is 0 Å². The molecule has 312 valence electrons. The monoisotopic (exact) mass is 787 g/mol. The second kappa shape index (κ2) is 19.0. The number of rotatable bonds is 17. The van der Waals surface area contributed by atoms with Crippen LogP contribution in [-0.4, -0.2) is 70.6 Å². The number of guanidine groups is 1. The molecule has 11 heteroatoms. The van der Waals surface area contributed by atoms with Crippen molar-refractivity contribution in [2.45, 2.75) is 122 Å². The van der Waals surface area contributed by atoms with Crippen LogP contribution < -0.4 is 25.7 Å². The number of hydrogen-bond donors (Lipinski definition) is 7. The second-order valence-corrected chi connectivity index (χ2v) is 17.0. The quantitative estimate of drug-likeness (QED) is 0.0551. The molecule has 0 aromatic heterocycles. The van der Waals surface area contributed by atoms with Gasteiger partial charge in [-0.25, -0.2) is 0 Å². The van der Waals surface area contributed by atoms with Crippen LogP contribution in [0.4, 0.5) is 0 Å². The van der Waals surface area contributed by atoms with E-state index >= 15 is 0 Å². The summed E-state index contributed by atoms with van der Waals surface area (Å²) in [5.41, 5.74) is 18.0. The Balaban J connectivity index is 1.35.